The molecule has 0 saturated heterocycles. The van der Waals surface area contributed by atoms with E-state index < -0.39 is 6.04 Å². The van der Waals surface area contributed by atoms with E-state index in [-0.39, 0.29) is 30.8 Å². The number of hydrogen-bond acceptors (Lipinski definition) is 3. The van der Waals surface area contributed by atoms with Gasteiger partial charge in [-0.3, -0.25) is 9.59 Å². The molecular weight excluding hydrogens is 400 g/mol. The molecule has 0 spiro atoms. The zero-order valence-corrected chi connectivity index (χ0v) is 18.7. The topological polar surface area (TPSA) is 58.6 Å². The number of carbonyl (C=O) groups excluding carboxylic acids is 2. The largest absolute Gasteiger partial charge is 0.494 e. The first-order valence-corrected chi connectivity index (χ1v) is 10.8. The van der Waals surface area contributed by atoms with Gasteiger partial charge in [-0.15, -0.1) is 0 Å². The van der Waals surface area contributed by atoms with Crippen molar-refractivity contribution in [2.24, 2.45) is 0 Å². The van der Waals surface area contributed by atoms with Gasteiger partial charge in [-0.25, -0.2) is 0 Å². The molecule has 0 radical (unpaired) electrons. The van der Waals surface area contributed by atoms with Crippen LogP contribution >= 0.6 is 11.6 Å². The number of para-hydroxylation sites is 1. The smallest absolute Gasteiger partial charge is 0.242 e. The van der Waals surface area contributed by atoms with Crippen LogP contribution in [0.15, 0.2) is 54.6 Å². The first kappa shape index (κ1) is 23.7. The van der Waals surface area contributed by atoms with Crippen molar-refractivity contribution in [3.63, 3.8) is 0 Å². The lowest BCUT2D eigenvalue weighted by Crippen LogP contribution is -2.49. The van der Waals surface area contributed by atoms with Crippen LogP contribution in [-0.4, -0.2) is 35.4 Å². The van der Waals surface area contributed by atoms with Crippen molar-refractivity contribution in [2.45, 2.75) is 58.7 Å². The molecule has 162 valence electrons. The first-order valence-electron chi connectivity index (χ1n) is 10.4. The number of hydrogen-bond donors (Lipinski definition) is 1. The van der Waals surface area contributed by atoms with Crippen molar-refractivity contribution >= 4 is 23.4 Å². The molecule has 2 aromatic carbocycles. The summed E-state index contributed by atoms with van der Waals surface area (Å²) < 4.78 is 5.68. The summed E-state index contributed by atoms with van der Waals surface area (Å²) in [6.45, 7) is 6.43. The number of carbonyl (C=O) groups is 2. The van der Waals surface area contributed by atoms with Gasteiger partial charge < -0.3 is 15.0 Å². The molecular formula is C24H31ClN2O3. The third-order valence-electron chi connectivity index (χ3n) is 5.01. The second kappa shape index (κ2) is 12.2. The molecule has 0 fully saturated rings. The van der Waals surface area contributed by atoms with E-state index in [1.807, 2.05) is 62.4 Å². The molecule has 2 rings (SSSR count). The lowest BCUT2D eigenvalue weighted by Gasteiger charge is -2.30. The summed E-state index contributed by atoms with van der Waals surface area (Å²) in [5.74, 6) is 0.517. The number of ether oxygens (including phenoxy) is 1. The van der Waals surface area contributed by atoms with Gasteiger partial charge in [0, 0.05) is 24.0 Å². The van der Waals surface area contributed by atoms with E-state index in [2.05, 4.69) is 5.32 Å². The quantitative estimate of drug-likeness (QED) is 0.519. The second-order valence-corrected chi connectivity index (χ2v) is 7.78. The third kappa shape index (κ3) is 7.38. The number of amides is 2. The minimum Gasteiger partial charge on any atom is -0.494 e. The van der Waals surface area contributed by atoms with Crippen molar-refractivity contribution in [3.8, 4) is 5.75 Å². The fourth-order valence-electron chi connectivity index (χ4n) is 2.93. The molecule has 6 heteroatoms. The SMILES string of the molecule is CCC(C)NC(=O)C(C)N(Cc1ccccc1Cl)C(=O)CCCOc1ccccc1. The molecule has 2 unspecified atom stereocenters. The number of halogens is 1. The van der Waals surface area contributed by atoms with E-state index in [9.17, 15) is 9.59 Å². The van der Waals surface area contributed by atoms with Crippen LogP contribution in [0.1, 0.15) is 45.6 Å². The normalized spacial score (nSPS) is 12.7. The summed E-state index contributed by atoms with van der Waals surface area (Å²) >= 11 is 6.30. The van der Waals surface area contributed by atoms with Gasteiger partial charge in [0.15, 0.2) is 0 Å². The van der Waals surface area contributed by atoms with Crippen LogP contribution < -0.4 is 10.1 Å². The second-order valence-electron chi connectivity index (χ2n) is 7.37. The molecule has 0 aliphatic heterocycles. The Labute approximate surface area is 184 Å². The van der Waals surface area contributed by atoms with Crippen molar-refractivity contribution in [2.75, 3.05) is 6.61 Å². The molecule has 2 atom stereocenters. The number of benzene rings is 2. The molecule has 0 aromatic heterocycles. The number of rotatable bonds is 11. The highest BCUT2D eigenvalue weighted by Gasteiger charge is 2.27. The van der Waals surface area contributed by atoms with Gasteiger partial charge in [-0.05, 0) is 50.5 Å². The molecule has 0 saturated carbocycles. The van der Waals surface area contributed by atoms with Crippen LogP contribution in [0.5, 0.6) is 5.75 Å². The van der Waals surface area contributed by atoms with Crippen molar-refractivity contribution in [1.29, 1.82) is 0 Å². The van der Waals surface area contributed by atoms with Crippen molar-refractivity contribution in [3.05, 3.63) is 65.2 Å². The van der Waals surface area contributed by atoms with Gasteiger partial charge in [0.1, 0.15) is 11.8 Å². The minimum atomic E-state index is -0.599. The molecule has 30 heavy (non-hydrogen) atoms. The number of nitrogens with zero attached hydrogens (tertiary/aromatic N) is 1. The standard InChI is InChI=1S/C24H31ClN2O3/c1-4-18(2)26-24(29)19(3)27(17-20-11-8-9-14-22(20)25)23(28)15-10-16-30-21-12-6-5-7-13-21/h5-9,11-14,18-19H,4,10,15-17H2,1-3H3,(H,26,29). The Morgan fingerprint density at radius 1 is 1.07 bits per heavy atom. The Morgan fingerprint density at radius 2 is 1.73 bits per heavy atom. The zero-order chi connectivity index (χ0) is 21.9. The predicted molar refractivity (Wildman–Crippen MR) is 121 cm³/mol. The molecule has 1 N–H and O–H groups in total. The summed E-state index contributed by atoms with van der Waals surface area (Å²) in [6.07, 6.45) is 1.68. The Bertz CT molecular complexity index is 813. The lowest BCUT2D eigenvalue weighted by molar-refractivity contribution is -0.141. The summed E-state index contributed by atoms with van der Waals surface area (Å²) in [7, 11) is 0. The monoisotopic (exact) mass is 430 g/mol. The maximum absolute atomic E-state index is 13.0. The summed E-state index contributed by atoms with van der Waals surface area (Å²) in [4.78, 5) is 27.3. The summed E-state index contributed by atoms with van der Waals surface area (Å²) in [6, 6.07) is 16.3. The van der Waals surface area contributed by atoms with Crippen LogP contribution in [0.25, 0.3) is 0 Å². The van der Waals surface area contributed by atoms with Gasteiger partial charge in [0.2, 0.25) is 11.8 Å². The van der Waals surface area contributed by atoms with Crippen LogP contribution in [-0.2, 0) is 16.1 Å². The van der Waals surface area contributed by atoms with Gasteiger partial charge in [-0.2, -0.15) is 0 Å². The summed E-state index contributed by atoms with van der Waals surface area (Å²) in [5, 5.41) is 3.54. The highest BCUT2D eigenvalue weighted by atomic mass is 35.5. The molecule has 5 nitrogen and oxygen atoms in total. The van der Waals surface area contributed by atoms with Crippen molar-refractivity contribution in [1.82, 2.24) is 10.2 Å². The van der Waals surface area contributed by atoms with Gasteiger partial charge in [0.05, 0.1) is 6.61 Å². The van der Waals surface area contributed by atoms with Crippen LogP contribution in [0.4, 0.5) is 0 Å². The zero-order valence-electron chi connectivity index (χ0n) is 17.9. The summed E-state index contributed by atoms with van der Waals surface area (Å²) in [5.41, 5.74) is 0.816. The fourth-order valence-corrected chi connectivity index (χ4v) is 3.13. The highest BCUT2D eigenvalue weighted by Crippen LogP contribution is 2.19. The molecule has 2 aromatic rings. The fraction of sp³-hybridized carbons (Fsp3) is 0.417. The van der Waals surface area contributed by atoms with E-state index in [1.54, 1.807) is 17.9 Å². The van der Waals surface area contributed by atoms with Gasteiger partial charge in [-0.1, -0.05) is 54.9 Å². The average molecular weight is 431 g/mol. The molecule has 2 amide bonds. The number of nitrogens with one attached hydrogen (secondary N) is 1. The average Bonchev–Trinajstić information content (AvgIpc) is 2.76. The molecule has 0 aliphatic carbocycles. The van der Waals surface area contributed by atoms with Crippen molar-refractivity contribution < 1.29 is 14.3 Å². The molecule has 0 bridgehead atoms. The predicted octanol–water partition coefficient (Wildman–Crippen LogP) is 4.83. The van der Waals surface area contributed by atoms with E-state index in [4.69, 9.17) is 16.3 Å². The van der Waals surface area contributed by atoms with Crippen LogP contribution in [0, 0.1) is 0 Å². The molecule has 0 heterocycles. The van der Waals surface area contributed by atoms with E-state index in [0.29, 0.717) is 18.1 Å². The Kier molecular flexibility index (Phi) is 9.68. The van der Waals surface area contributed by atoms with Crippen LogP contribution in [0.3, 0.4) is 0 Å². The maximum atomic E-state index is 13.0. The Hall–Kier alpha value is -2.53. The van der Waals surface area contributed by atoms with Gasteiger partial charge in [0.25, 0.3) is 0 Å². The molecule has 0 aliphatic rings. The van der Waals surface area contributed by atoms with E-state index in [0.717, 1.165) is 17.7 Å². The lowest BCUT2D eigenvalue weighted by atomic mass is 10.1. The minimum absolute atomic E-state index is 0.0523. The first-order chi connectivity index (χ1) is 14.4. The Balaban J connectivity index is 2.02. The maximum Gasteiger partial charge on any atom is 0.242 e. The van der Waals surface area contributed by atoms with E-state index in [1.165, 1.54) is 0 Å². The highest BCUT2D eigenvalue weighted by molar-refractivity contribution is 6.31. The van der Waals surface area contributed by atoms with E-state index >= 15 is 0 Å². The Morgan fingerprint density at radius 3 is 2.40 bits per heavy atom. The van der Waals surface area contributed by atoms with Crippen LogP contribution in [0.2, 0.25) is 5.02 Å². The van der Waals surface area contributed by atoms with Gasteiger partial charge >= 0.3 is 0 Å². The third-order valence-corrected chi connectivity index (χ3v) is 5.38.